The molecular formula is C22H25BN4O4. The van der Waals surface area contributed by atoms with Crippen LogP contribution in [0.5, 0.6) is 0 Å². The molecule has 2 amide bonds. The van der Waals surface area contributed by atoms with E-state index in [-0.39, 0.29) is 18.9 Å². The van der Waals surface area contributed by atoms with E-state index in [0.717, 1.165) is 11.1 Å². The van der Waals surface area contributed by atoms with Gasteiger partial charge in [0, 0.05) is 31.4 Å². The van der Waals surface area contributed by atoms with Gasteiger partial charge in [0.15, 0.2) is 5.81 Å². The van der Waals surface area contributed by atoms with Crippen molar-refractivity contribution in [2.45, 2.75) is 44.5 Å². The van der Waals surface area contributed by atoms with Crippen LogP contribution in [0.3, 0.4) is 0 Å². The van der Waals surface area contributed by atoms with E-state index in [1.807, 2.05) is 24.3 Å². The van der Waals surface area contributed by atoms with Crippen LogP contribution in [0.15, 0.2) is 48.7 Å². The standard InChI is InChI=1S/C22H25BN4O4/c23-22(30)26-18(12-17-8-3-4-10-25-17)20(28)27-11-5-9-19(27)21(29)31-14-16-7-2-1-6-15(16)13-24/h1-4,6-8,10,18-19H,5,9,11-14,24H2,(H,26,30)/t18?,19-/m0/s1. The Morgan fingerprint density at radius 1 is 1.19 bits per heavy atom. The zero-order valence-corrected chi connectivity index (χ0v) is 17.2. The lowest BCUT2D eigenvalue weighted by molar-refractivity contribution is -0.155. The Hall–Kier alpha value is -3.20. The van der Waals surface area contributed by atoms with Crippen molar-refractivity contribution in [1.29, 1.82) is 0 Å². The topological polar surface area (TPSA) is 115 Å². The Kier molecular flexibility index (Phi) is 7.78. The Labute approximate surface area is 182 Å². The summed E-state index contributed by atoms with van der Waals surface area (Å²) in [5, 5.41) is 2.48. The number of aromatic nitrogens is 1. The maximum Gasteiger partial charge on any atom is 0.329 e. The smallest absolute Gasteiger partial charge is 0.329 e. The van der Waals surface area contributed by atoms with Crippen LogP contribution in [-0.4, -0.2) is 54.0 Å². The summed E-state index contributed by atoms with van der Waals surface area (Å²) in [6.07, 6.45) is 2.94. The number of esters is 1. The number of ether oxygens (including phenoxy) is 1. The summed E-state index contributed by atoms with van der Waals surface area (Å²) >= 11 is 0. The van der Waals surface area contributed by atoms with Crippen molar-refractivity contribution in [2.75, 3.05) is 6.54 Å². The number of hydrogen-bond acceptors (Lipinski definition) is 6. The Morgan fingerprint density at radius 2 is 1.94 bits per heavy atom. The predicted octanol–water partition coefficient (Wildman–Crippen LogP) is 1.06. The first kappa shape index (κ1) is 22.5. The summed E-state index contributed by atoms with van der Waals surface area (Å²) in [5.74, 6) is -1.68. The molecule has 1 fully saturated rings. The van der Waals surface area contributed by atoms with Crippen molar-refractivity contribution in [3.05, 3.63) is 65.5 Å². The number of carbonyl (C=O) groups excluding carboxylic acids is 3. The monoisotopic (exact) mass is 420 g/mol. The molecule has 8 nitrogen and oxygen atoms in total. The molecule has 0 spiro atoms. The van der Waals surface area contributed by atoms with Gasteiger partial charge in [0.05, 0.1) is 0 Å². The second-order valence-electron chi connectivity index (χ2n) is 7.36. The lowest BCUT2D eigenvalue weighted by Crippen LogP contribution is -2.52. The normalized spacial score (nSPS) is 16.5. The van der Waals surface area contributed by atoms with Gasteiger partial charge in [-0.2, -0.15) is 0 Å². The maximum atomic E-state index is 13.2. The lowest BCUT2D eigenvalue weighted by atomic mass is 10.0. The number of nitrogens with zero attached hydrogens (tertiary/aromatic N) is 2. The third-order valence-corrected chi connectivity index (χ3v) is 5.27. The molecule has 2 aromatic rings. The second-order valence-corrected chi connectivity index (χ2v) is 7.36. The van der Waals surface area contributed by atoms with Crippen molar-refractivity contribution in [2.24, 2.45) is 5.73 Å². The highest BCUT2D eigenvalue weighted by atomic mass is 16.5. The van der Waals surface area contributed by atoms with Gasteiger partial charge in [0.1, 0.15) is 18.7 Å². The quantitative estimate of drug-likeness (QED) is 0.488. The van der Waals surface area contributed by atoms with Gasteiger partial charge in [-0.25, -0.2) is 4.79 Å². The van der Waals surface area contributed by atoms with Crippen LogP contribution >= 0.6 is 0 Å². The predicted molar refractivity (Wildman–Crippen MR) is 115 cm³/mol. The molecule has 1 unspecified atom stereocenters. The Bertz CT molecular complexity index is 925. The zero-order valence-electron chi connectivity index (χ0n) is 17.2. The number of amides is 2. The Balaban J connectivity index is 1.68. The molecule has 0 bridgehead atoms. The molecule has 0 aliphatic carbocycles. The summed E-state index contributed by atoms with van der Waals surface area (Å²) in [7, 11) is 5.27. The van der Waals surface area contributed by atoms with Crippen LogP contribution < -0.4 is 11.1 Å². The minimum absolute atomic E-state index is 0.0850. The van der Waals surface area contributed by atoms with Crippen LogP contribution in [-0.2, 0) is 33.9 Å². The highest BCUT2D eigenvalue weighted by Crippen LogP contribution is 2.21. The number of pyridine rings is 1. The third kappa shape index (κ3) is 5.91. The van der Waals surface area contributed by atoms with E-state index in [0.29, 0.717) is 31.6 Å². The van der Waals surface area contributed by atoms with E-state index in [1.54, 1.807) is 24.4 Å². The van der Waals surface area contributed by atoms with E-state index >= 15 is 0 Å². The van der Waals surface area contributed by atoms with Crippen molar-refractivity contribution in [1.82, 2.24) is 15.2 Å². The molecule has 1 aromatic heterocycles. The number of hydrogen-bond donors (Lipinski definition) is 2. The van der Waals surface area contributed by atoms with Gasteiger partial charge in [0.2, 0.25) is 13.8 Å². The molecule has 3 N–H and O–H groups in total. The fourth-order valence-corrected chi connectivity index (χ4v) is 3.72. The number of rotatable bonds is 8. The largest absolute Gasteiger partial charge is 0.459 e. The van der Waals surface area contributed by atoms with E-state index in [4.69, 9.17) is 18.3 Å². The van der Waals surface area contributed by atoms with E-state index in [9.17, 15) is 14.4 Å². The summed E-state index contributed by atoms with van der Waals surface area (Å²) < 4.78 is 5.50. The minimum atomic E-state index is -0.918. The summed E-state index contributed by atoms with van der Waals surface area (Å²) in [4.78, 5) is 43.1. The molecule has 0 saturated carbocycles. The first-order valence-corrected chi connectivity index (χ1v) is 10.2. The molecule has 1 aliphatic heterocycles. The number of carbonyl (C=O) groups is 3. The number of likely N-dealkylation sites (tertiary alicyclic amines) is 1. The first-order chi connectivity index (χ1) is 15.0. The molecule has 31 heavy (non-hydrogen) atoms. The van der Waals surface area contributed by atoms with E-state index < -0.39 is 23.9 Å². The molecule has 9 heteroatoms. The van der Waals surface area contributed by atoms with Crippen molar-refractivity contribution < 1.29 is 19.1 Å². The third-order valence-electron chi connectivity index (χ3n) is 5.27. The molecule has 1 saturated heterocycles. The van der Waals surface area contributed by atoms with Crippen LogP contribution in [0.25, 0.3) is 0 Å². The van der Waals surface area contributed by atoms with Gasteiger partial charge >= 0.3 is 5.97 Å². The molecular weight excluding hydrogens is 395 g/mol. The minimum Gasteiger partial charge on any atom is -0.459 e. The van der Waals surface area contributed by atoms with Crippen molar-refractivity contribution in [3.8, 4) is 0 Å². The lowest BCUT2D eigenvalue weighted by Gasteiger charge is -2.28. The highest BCUT2D eigenvalue weighted by molar-refractivity contribution is 6.57. The average Bonchev–Trinajstić information content (AvgIpc) is 3.27. The van der Waals surface area contributed by atoms with E-state index in [2.05, 4.69) is 10.3 Å². The molecule has 2 radical (unpaired) electrons. The van der Waals surface area contributed by atoms with Crippen molar-refractivity contribution >= 4 is 25.5 Å². The van der Waals surface area contributed by atoms with Crippen LogP contribution in [0, 0.1) is 0 Å². The van der Waals surface area contributed by atoms with Gasteiger partial charge < -0.3 is 20.7 Å². The fraction of sp³-hybridized carbons (Fsp3) is 0.364. The van der Waals surface area contributed by atoms with Gasteiger partial charge in [-0.05, 0) is 36.1 Å². The average molecular weight is 420 g/mol. The zero-order chi connectivity index (χ0) is 22.2. The molecule has 1 aliphatic rings. The molecule has 1 aromatic carbocycles. The number of nitrogens with one attached hydrogen (secondary N) is 1. The van der Waals surface area contributed by atoms with Gasteiger partial charge in [-0.3, -0.25) is 14.6 Å². The SMILES string of the molecule is [B]C(=O)NC(Cc1ccccn1)C(=O)N1CCC[C@H]1C(=O)OCc1ccccc1CN. The van der Waals surface area contributed by atoms with Gasteiger partial charge in [0.25, 0.3) is 0 Å². The summed E-state index contributed by atoms with van der Waals surface area (Å²) in [5.41, 5.74) is 8.09. The maximum absolute atomic E-state index is 13.2. The van der Waals surface area contributed by atoms with Crippen molar-refractivity contribution in [3.63, 3.8) is 0 Å². The van der Waals surface area contributed by atoms with Crippen LogP contribution in [0.2, 0.25) is 0 Å². The molecule has 3 rings (SSSR count). The van der Waals surface area contributed by atoms with Gasteiger partial charge in [-0.1, -0.05) is 30.3 Å². The number of nitrogens with two attached hydrogens (primary N) is 1. The Morgan fingerprint density at radius 3 is 2.61 bits per heavy atom. The summed E-state index contributed by atoms with van der Waals surface area (Å²) in [6, 6.07) is 11.1. The first-order valence-electron chi connectivity index (χ1n) is 10.2. The number of benzene rings is 1. The fourth-order valence-electron chi connectivity index (χ4n) is 3.72. The molecule has 2 heterocycles. The molecule has 160 valence electrons. The highest BCUT2D eigenvalue weighted by Gasteiger charge is 2.38. The van der Waals surface area contributed by atoms with Gasteiger partial charge in [-0.15, -0.1) is 0 Å². The molecule has 2 atom stereocenters. The second kappa shape index (κ2) is 10.7. The van der Waals surface area contributed by atoms with E-state index in [1.165, 1.54) is 4.90 Å². The summed E-state index contributed by atoms with van der Waals surface area (Å²) in [6.45, 7) is 0.828. The van der Waals surface area contributed by atoms with Crippen LogP contribution in [0.1, 0.15) is 29.7 Å². The van der Waals surface area contributed by atoms with Crippen LogP contribution in [0.4, 0.5) is 4.79 Å².